The maximum absolute atomic E-state index is 12.0. The lowest BCUT2D eigenvalue weighted by Crippen LogP contribution is -2.70. The van der Waals surface area contributed by atoms with Crippen molar-refractivity contribution in [1.29, 1.82) is 0 Å². The number of rotatable bonds is 2. The molecule has 4 aliphatic carbocycles. The van der Waals surface area contributed by atoms with E-state index < -0.39 is 35.6 Å². The summed E-state index contributed by atoms with van der Waals surface area (Å²) < 4.78 is 7.31. The van der Waals surface area contributed by atoms with Crippen molar-refractivity contribution in [2.24, 2.45) is 23.0 Å². The van der Waals surface area contributed by atoms with Gasteiger partial charge in [-0.2, -0.15) is 0 Å². The molecule has 0 amide bonds. The Morgan fingerprint density at radius 3 is 2.62 bits per heavy atom. The average Bonchev–Trinajstić information content (AvgIpc) is 3.25. The van der Waals surface area contributed by atoms with Crippen LogP contribution in [0.1, 0.15) is 51.0 Å². The first kappa shape index (κ1) is 24.5. The molecule has 6 heteroatoms. The Labute approximate surface area is 235 Å². The number of aliphatic hydroxyl groups is 3. The number of ether oxygens (including phenoxy) is 1. The summed E-state index contributed by atoms with van der Waals surface area (Å²) in [4.78, 5) is 2.08. The van der Waals surface area contributed by atoms with Gasteiger partial charge in [-0.15, -0.1) is 0 Å². The Hall–Kier alpha value is -2.06. The number of benzene rings is 2. The predicted octanol–water partition coefficient (Wildman–Crippen LogP) is 3.18. The molecule has 11 atom stereocenters. The molecule has 2 saturated heterocycles. The molecule has 210 valence electrons. The van der Waals surface area contributed by atoms with Crippen LogP contribution in [0.25, 0.3) is 10.8 Å². The molecule has 2 aromatic carbocycles. The second-order valence-corrected chi connectivity index (χ2v) is 14.4. The van der Waals surface area contributed by atoms with Crippen LogP contribution in [0.4, 0.5) is 0 Å². The second kappa shape index (κ2) is 7.66. The summed E-state index contributed by atoms with van der Waals surface area (Å²) in [5, 5.41) is 37.3. The molecule has 2 bridgehead atoms. The second-order valence-electron chi connectivity index (χ2n) is 14.4. The van der Waals surface area contributed by atoms with E-state index in [0.29, 0.717) is 30.4 Å². The van der Waals surface area contributed by atoms with Gasteiger partial charge in [0.1, 0.15) is 23.9 Å². The first-order valence-corrected chi connectivity index (χ1v) is 15.4. The molecule has 4 unspecified atom stereocenters. The molecule has 5 N–H and O–H groups in total. The van der Waals surface area contributed by atoms with Crippen molar-refractivity contribution < 1.29 is 20.1 Å². The van der Waals surface area contributed by atoms with Crippen LogP contribution in [0, 0.1) is 17.3 Å². The maximum atomic E-state index is 12.0. The van der Waals surface area contributed by atoms with Crippen molar-refractivity contribution in [2.45, 2.75) is 92.5 Å². The normalized spacial score (nSPS) is 50.6. The first-order valence-electron chi connectivity index (χ1n) is 15.4. The summed E-state index contributed by atoms with van der Waals surface area (Å²) in [6, 6.07) is 15.2. The highest BCUT2D eigenvalue weighted by molar-refractivity contribution is 5.83. The van der Waals surface area contributed by atoms with Crippen molar-refractivity contribution >= 4 is 10.8 Å². The largest absolute Gasteiger partial charge is 0.388 e. The maximum Gasteiger partial charge on any atom is 0.121 e. The molecule has 0 radical (unpaired) electrons. The molecule has 2 aromatic rings. The molecule has 0 aromatic heterocycles. The standard InChI is InChI=1S/C34H40N2O4/c1-31-10-8-22-15-25-28(37)29(38)27(36-13-9-24(35)18-36)30(39)34(25)12-11-33(22,40-34)26(31)16-23-17-32(23,31)21-7-6-19-4-2-3-5-20(19)14-21/h2-8,14-15,23-24,26-30,37-39H,9-13,16-18,35H2,1H3/t23-,24+,26+,27+,28?,29?,30?,31-,32-,33?,34-/m0/s1. The minimum Gasteiger partial charge on any atom is -0.388 e. The van der Waals surface area contributed by atoms with Gasteiger partial charge in [0.25, 0.3) is 0 Å². The molecule has 2 spiro atoms. The molecule has 40 heavy (non-hydrogen) atoms. The number of fused-ring (bicyclic) bond motifs is 4. The van der Waals surface area contributed by atoms with Gasteiger partial charge in [0.05, 0.1) is 11.6 Å². The van der Waals surface area contributed by atoms with Crippen molar-refractivity contribution in [1.82, 2.24) is 4.90 Å². The number of allylic oxidation sites excluding steroid dienone is 1. The van der Waals surface area contributed by atoms with Gasteiger partial charge in [-0.1, -0.05) is 61.5 Å². The molecule has 7 aliphatic rings. The van der Waals surface area contributed by atoms with Crippen molar-refractivity contribution in [3.05, 3.63) is 71.3 Å². The van der Waals surface area contributed by atoms with Crippen LogP contribution in [-0.4, -0.2) is 74.9 Å². The Morgan fingerprint density at radius 2 is 1.82 bits per heavy atom. The first-order chi connectivity index (χ1) is 19.2. The summed E-state index contributed by atoms with van der Waals surface area (Å²) in [7, 11) is 0. The lowest BCUT2D eigenvalue weighted by molar-refractivity contribution is -0.216. The fourth-order valence-electron chi connectivity index (χ4n) is 11.0. The highest BCUT2D eigenvalue weighted by atomic mass is 16.5. The fourth-order valence-corrected chi connectivity index (χ4v) is 11.0. The Bertz CT molecular complexity index is 1500. The lowest BCUT2D eigenvalue weighted by atomic mass is 9.55. The summed E-state index contributed by atoms with van der Waals surface area (Å²) in [5.41, 5.74) is 8.30. The van der Waals surface area contributed by atoms with Gasteiger partial charge in [0.2, 0.25) is 0 Å². The molecule has 3 heterocycles. The smallest absolute Gasteiger partial charge is 0.121 e. The molecule has 3 saturated carbocycles. The third kappa shape index (κ3) is 2.68. The van der Waals surface area contributed by atoms with Gasteiger partial charge < -0.3 is 25.8 Å². The van der Waals surface area contributed by atoms with E-state index in [-0.39, 0.29) is 16.9 Å². The Kier molecular flexibility index (Phi) is 4.70. The molecular formula is C34H40N2O4. The highest BCUT2D eigenvalue weighted by Gasteiger charge is 2.79. The Morgan fingerprint density at radius 1 is 1.02 bits per heavy atom. The number of aliphatic hydroxyl groups excluding tert-OH is 3. The van der Waals surface area contributed by atoms with Gasteiger partial charge in [-0.05, 0) is 83.3 Å². The van der Waals surface area contributed by atoms with E-state index in [1.807, 2.05) is 0 Å². The van der Waals surface area contributed by atoms with Gasteiger partial charge in [-0.25, -0.2) is 0 Å². The number of nitrogens with zero attached hydrogens (tertiary/aromatic N) is 1. The summed E-state index contributed by atoms with van der Waals surface area (Å²) in [5.74, 6) is 0.982. The van der Waals surface area contributed by atoms with Crippen molar-refractivity contribution in [2.75, 3.05) is 13.1 Å². The molecule has 9 rings (SSSR count). The lowest BCUT2D eigenvalue weighted by Gasteiger charge is -2.58. The molecule has 3 aliphatic heterocycles. The van der Waals surface area contributed by atoms with Crippen LogP contribution >= 0.6 is 0 Å². The number of hydrogen-bond acceptors (Lipinski definition) is 6. The van der Waals surface area contributed by atoms with Crippen LogP contribution in [0.2, 0.25) is 0 Å². The van der Waals surface area contributed by atoms with E-state index in [4.69, 9.17) is 10.5 Å². The quantitative estimate of drug-likeness (QED) is 0.467. The topological polar surface area (TPSA) is 99.2 Å². The average molecular weight is 541 g/mol. The van der Waals surface area contributed by atoms with Gasteiger partial charge >= 0.3 is 0 Å². The van der Waals surface area contributed by atoms with Crippen molar-refractivity contribution in [3.8, 4) is 0 Å². The predicted molar refractivity (Wildman–Crippen MR) is 152 cm³/mol. The summed E-state index contributed by atoms with van der Waals surface area (Å²) >= 11 is 0. The van der Waals surface area contributed by atoms with Crippen molar-refractivity contribution in [3.63, 3.8) is 0 Å². The zero-order chi connectivity index (χ0) is 27.2. The van der Waals surface area contributed by atoms with Crippen LogP contribution in [0.15, 0.2) is 65.8 Å². The number of nitrogens with two attached hydrogens (primary N) is 1. The highest BCUT2D eigenvalue weighted by Crippen LogP contribution is 2.80. The van der Waals surface area contributed by atoms with E-state index in [1.54, 1.807) is 0 Å². The third-order valence-electron chi connectivity index (χ3n) is 13.0. The SMILES string of the molecule is C[C@]12CC=C3C=C4C(O)C(O)[C@@H](N5CC[C@@H](N)C5)C(O)[C@]45CCC3(O5)[C@@H]1C[C@H]1C[C@]12c1ccc2ccccc2c1. The summed E-state index contributed by atoms with van der Waals surface area (Å²) in [6.45, 7) is 3.84. The molecular weight excluding hydrogens is 500 g/mol. The van der Waals surface area contributed by atoms with E-state index in [0.717, 1.165) is 37.8 Å². The molecule has 5 fully saturated rings. The number of likely N-dealkylation sites (tertiary alicyclic amines) is 1. The van der Waals surface area contributed by atoms with E-state index >= 15 is 0 Å². The van der Waals surface area contributed by atoms with E-state index in [9.17, 15) is 15.3 Å². The van der Waals surface area contributed by atoms with Crippen LogP contribution in [0.5, 0.6) is 0 Å². The Balaban J connectivity index is 1.13. The van der Waals surface area contributed by atoms with Crippen LogP contribution in [-0.2, 0) is 10.2 Å². The van der Waals surface area contributed by atoms with Crippen LogP contribution < -0.4 is 5.73 Å². The van der Waals surface area contributed by atoms with E-state index in [2.05, 4.69) is 66.4 Å². The zero-order valence-electron chi connectivity index (χ0n) is 23.2. The zero-order valence-corrected chi connectivity index (χ0v) is 23.2. The number of hydrogen-bond donors (Lipinski definition) is 4. The summed E-state index contributed by atoms with van der Waals surface area (Å²) in [6.07, 6.45) is 7.12. The van der Waals surface area contributed by atoms with Crippen LogP contribution in [0.3, 0.4) is 0 Å². The monoisotopic (exact) mass is 540 g/mol. The van der Waals surface area contributed by atoms with Gasteiger partial charge in [0, 0.05) is 24.5 Å². The minimum absolute atomic E-state index is 0.0262. The molecule has 6 nitrogen and oxygen atoms in total. The minimum atomic E-state index is -1.07. The third-order valence-corrected chi connectivity index (χ3v) is 13.0. The van der Waals surface area contributed by atoms with E-state index in [1.165, 1.54) is 22.8 Å². The van der Waals surface area contributed by atoms with Gasteiger partial charge in [-0.3, -0.25) is 4.90 Å². The van der Waals surface area contributed by atoms with Gasteiger partial charge in [0.15, 0.2) is 0 Å². The fraction of sp³-hybridized carbons (Fsp3) is 0.588.